The van der Waals surface area contributed by atoms with E-state index in [2.05, 4.69) is 28.1 Å². The summed E-state index contributed by atoms with van der Waals surface area (Å²) in [5, 5.41) is 0. The summed E-state index contributed by atoms with van der Waals surface area (Å²) in [6, 6.07) is 8.23. The normalized spacial score (nSPS) is 25.9. The highest BCUT2D eigenvalue weighted by molar-refractivity contribution is 9.09. The predicted molar refractivity (Wildman–Crippen MR) is 79.2 cm³/mol. The molecule has 0 amide bonds. The first-order chi connectivity index (χ1) is 9.24. The second-order valence-corrected chi connectivity index (χ2v) is 5.89. The van der Waals surface area contributed by atoms with Gasteiger partial charge in [0, 0.05) is 25.0 Å². The first kappa shape index (κ1) is 14.8. The third-order valence-electron chi connectivity index (χ3n) is 3.35. The van der Waals surface area contributed by atoms with Crippen LogP contribution in [0.3, 0.4) is 0 Å². The molecule has 19 heavy (non-hydrogen) atoms. The van der Waals surface area contributed by atoms with Crippen LogP contribution in [-0.2, 0) is 15.9 Å². The van der Waals surface area contributed by atoms with Gasteiger partial charge in [-0.1, -0.05) is 28.1 Å². The average molecular weight is 329 g/mol. The van der Waals surface area contributed by atoms with Crippen molar-refractivity contribution in [2.45, 2.75) is 36.8 Å². The molecule has 106 valence electrons. The molecule has 1 aliphatic rings. The van der Waals surface area contributed by atoms with Gasteiger partial charge in [0.1, 0.15) is 18.0 Å². The van der Waals surface area contributed by atoms with E-state index >= 15 is 0 Å². The summed E-state index contributed by atoms with van der Waals surface area (Å²) in [4.78, 5) is 0.415. The number of hydrogen-bond donors (Lipinski definition) is 0. The number of methoxy groups -OCH3 is 1. The molecule has 1 aliphatic carbocycles. The fourth-order valence-corrected chi connectivity index (χ4v) is 3.04. The molecule has 0 spiro atoms. The topological polar surface area (TPSA) is 27.7 Å². The molecule has 0 radical (unpaired) electrons. The lowest BCUT2D eigenvalue weighted by atomic mass is 9.91. The van der Waals surface area contributed by atoms with Crippen LogP contribution in [-0.4, -0.2) is 37.4 Å². The Morgan fingerprint density at radius 3 is 2.58 bits per heavy atom. The Kier molecular flexibility index (Phi) is 5.67. The number of rotatable bonds is 7. The number of hydrogen-bond acceptors (Lipinski definition) is 3. The van der Waals surface area contributed by atoms with Crippen molar-refractivity contribution in [1.29, 1.82) is 0 Å². The average Bonchev–Trinajstić information content (AvgIpc) is 2.43. The zero-order valence-electron chi connectivity index (χ0n) is 11.5. The summed E-state index contributed by atoms with van der Waals surface area (Å²) in [6.45, 7) is 3.49. The van der Waals surface area contributed by atoms with E-state index in [1.54, 1.807) is 7.11 Å². The minimum Gasteiger partial charge on any atom is -0.488 e. The summed E-state index contributed by atoms with van der Waals surface area (Å²) < 4.78 is 16.7. The Hall–Kier alpha value is -0.580. The molecular weight excluding hydrogens is 308 g/mol. The first-order valence-corrected chi connectivity index (χ1v) is 7.66. The van der Waals surface area contributed by atoms with Crippen molar-refractivity contribution in [3.8, 4) is 5.75 Å². The summed E-state index contributed by atoms with van der Waals surface area (Å²) in [5.41, 5.74) is 1.27. The monoisotopic (exact) mass is 328 g/mol. The van der Waals surface area contributed by atoms with Crippen LogP contribution in [0.15, 0.2) is 24.3 Å². The van der Waals surface area contributed by atoms with Gasteiger partial charge in [-0.25, -0.2) is 0 Å². The molecule has 2 rings (SSSR count). The molecule has 1 saturated carbocycles. The van der Waals surface area contributed by atoms with Crippen LogP contribution in [0.2, 0.25) is 0 Å². The molecule has 1 fully saturated rings. The van der Waals surface area contributed by atoms with Crippen LogP contribution in [0.25, 0.3) is 0 Å². The fraction of sp³-hybridized carbons (Fsp3) is 0.600. The minimum atomic E-state index is 0.161. The number of benzene rings is 1. The minimum absolute atomic E-state index is 0.161. The summed E-state index contributed by atoms with van der Waals surface area (Å²) >= 11 is 3.60. The number of alkyl halides is 1. The molecule has 0 heterocycles. The molecule has 3 nitrogen and oxygen atoms in total. The SMILES string of the molecule is CCOC1C(Br)CC1Oc1ccc(CCOC)cc1. The number of halogens is 1. The maximum absolute atomic E-state index is 5.96. The standard InChI is InChI=1S/C15H21BrO3/c1-3-18-15-13(16)10-14(15)19-12-6-4-11(5-7-12)8-9-17-2/h4-7,13-15H,3,8-10H2,1-2H3. The molecule has 1 aromatic rings. The van der Waals surface area contributed by atoms with Crippen molar-refractivity contribution in [2.24, 2.45) is 0 Å². The van der Waals surface area contributed by atoms with Gasteiger partial charge in [-0.3, -0.25) is 0 Å². The Balaban J connectivity index is 1.86. The Labute approximate surface area is 123 Å². The predicted octanol–water partition coefficient (Wildman–Crippen LogP) is 3.20. The third kappa shape index (κ3) is 3.94. The second kappa shape index (κ2) is 7.27. The zero-order chi connectivity index (χ0) is 13.7. The molecule has 0 bridgehead atoms. The van der Waals surface area contributed by atoms with Crippen LogP contribution in [0.4, 0.5) is 0 Å². The van der Waals surface area contributed by atoms with E-state index in [9.17, 15) is 0 Å². The largest absolute Gasteiger partial charge is 0.488 e. The van der Waals surface area contributed by atoms with Crippen molar-refractivity contribution in [1.82, 2.24) is 0 Å². The quantitative estimate of drug-likeness (QED) is 0.719. The lowest BCUT2D eigenvalue weighted by Crippen LogP contribution is -2.52. The maximum atomic E-state index is 5.96. The smallest absolute Gasteiger partial charge is 0.127 e. The van der Waals surface area contributed by atoms with E-state index in [0.29, 0.717) is 4.83 Å². The van der Waals surface area contributed by atoms with Gasteiger partial charge in [-0.2, -0.15) is 0 Å². The van der Waals surface area contributed by atoms with E-state index in [1.807, 2.05) is 19.1 Å². The van der Waals surface area contributed by atoms with Gasteiger partial charge in [-0.05, 0) is 31.0 Å². The summed E-state index contributed by atoms with van der Waals surface area (Å²) in [6.07, 6.45) is 2.26. The van der Waals surface area contributed by atoms with Crippen LogP contribution < -0.4 is 4.74 Å². The highest BCUT2D eigenvalue weighted by Gasteiger charge is 2.42. The van der Waals surface area contributed by atoms with Crippen LogP contribution in [0.1, 0.15) is 18.9 Å². The van der Waals surface area contributed by atoms with Crippen molar-refractivity contribution in [2.75, 3.05) is 20.3 Å². The van der Waals surface area contributed by atoms with Gasteiger partial charge in [0.05, 0.1) is 6.61 Å². The van der Waals surface area contributed by atoms with Crippen molar-refractivity contribution in [3.63, 3.8) is 0 Å². The van der Waals surface area contributed by atoms with Gasteiger partial charge in [-0.15, -0.1) is 0 Å². The molecule has 3 atom stereocenters. The highest BCUT2D eigenvalue weighted by atomic mass is 79.9. The highest BCUT2D eigenvalue weighted by Crippen LogP contribution is 2.34. The zero-order valence-corrected chi connectivity index (χ0v) is 13.1. The lowest BCUT2D eigenvalue weighted by molar-refractivity contribution is -0.0723. The van der Waals surface area contributed by atoms with Crippen LogP contribution in [0.5, 0.6) is 5.75 Å². The number of ether oxygens (including phenoxy) is 3. The summed E-state index contributed by atoms with van der Waals surface area (Å²) in [5.74, 6) is 0.912. The molecule has 0 saturated heterocycles. The fourth-order valence-electron chi connectivity index (χ4n) is 2.18. The molecule has 3 unspecified atom stereocenters. The van der Waals surface area contributed by atoms with E-state index in [4.69, 9.17) is 14.2 Å². The van der Waals surface area contributed by atoms with E-state index < -0.39 is 0 Å². The maximum Gasteiger partial charge on any atom is 0.127 e. The van der Waals surface area contributed by atoms with E-state index in [-0.39, 0.29) is 12.2 Å². The van der Waals surface area contributed by atoms with Crippen molar-refractivity contribution < 1.29 is 14.2 Å². The van der Waals surface area contributed by atoms with Gasteiger partial charge in [0.25, 0.3) is 0 Å². The van der Waals surface area contributed by atoms with E-state index in [1.165, 1.54) is 5.56 Å². The molecule has 0 aliphatic heterocycles. The van der Waals surface area contributed by atoms with Crippen molar-refractivity contribution in [3.05, 3.63) is 29.8 Å². The molecule has 0 aromatic heterocycles. The van der Waals surface area contributed by atoms with E-state index in [0.717, 1.165) is 31.8 Å². The van der Waals surface area contributed by atoms with Crippen LogP contribution in [0, 0.1) is 0 Å². The van der Waals surface area contributed by atoms with Crippen LogP contribution >= 0.6 is 15.9 Å². The lowest BCUT2D eigenvalue weighted by Gasteiger charge is -2.40. The van der Waals surface area contributed by atoms with Gasteiger partial charge < -0.3 is 14.2 Å². The van der Waals surface area contributed by atoms with Gasteiger partial charge in [0.15, 0.2) is 0 Å². The Morgan fingerprint density at radius 1 is 1.26 bits per heavy atom. The first-order valence-electron chi connectivity index (χ1n) is 6.74. The molecular formula is C15H21BrO3. The second-order valence-electron chi connectivity index (χ2n) is 4.71. The van der Waals surface area contributed by atoms with Gasteiger partial charge in [0.2, 0.25) is 0 Å². The van der Waals surface area contributed by atoms with Crippen molar-refractivity contribution >= 4 is 15.9 Å². The summed E-state index contributed by atoms with van der Waals surface area (Å²) in [7, 11) is 1.72. The Morgan fingerprint density at radius 2 is 2.00 bits per heavy atom. The third-order valence-corrected chi connectivity index (χ3v) is 4.24. The van der Waals surface area contributed by atoms with Gasteiger partial charge >= 0.3 is 0 Å². The molecule has 1 aromatic carbocycles. The molecule has 4 heteroatoms. The Bertz CT molecular complexity index is 379. The molecule has 0 N–H and O–H groups in total.